The highest BCUT2D eigenvalue weighted by Crippen LogP contribution is 2.33. The average Bonchev–Trinajstić information content (AvgIpc) is 3.38. The molecule has 0 saturated carbocycles. The molecule has 3 aliphatic rings. The number of hydrogen-bond donors (Lipinski definition) is 3. The Morgan fingerprint density at radius 3 is 2.43 bits per heavy atom. The fraction of sp³-hybridized carbons (Fsp3) is 0.529. The molecule has 0 spiro atoms. The van der Waals surface area contributed by atoms with Crippen molar-refractivity contribution in [3.05, 3.63) is 35.3 Å². The highest BCUT2D eigenvalue weighted by Gasteiger charge is 2.53. The van der Waals surface area contributed by atoms with Crippen molar-refractivity contribution in [2.24, 2.45) is 0 Å². The third-order valence-electron chi connectivity index (χ3n) is 3.36. The maximum absolute atomic E-state index is 12.0. The normalized spacial score (nSPS) is 27.6. The van der Waals surface area contributed by atoms with Crippen LogP contribution in [0.3, 0.4) is 0 Å². The van der Waals surface area contributed by atoms with Gasteiger partial charge in [0.15, 0.2) is 5.78 Å². The summed E-state index contributed by atoms with van der Waals surface area (Å²) in [4.78, 5) is 23.4. The van der Waals surface area contributed by atoms with Gasteiger partial charge in [-0.2, -0.15) is 0 Å². The van der Waals surface area contributed by atoms with Gasteiger partial charge in [0.2, 0.25) is 0 Å². The van der Waals surface area contributed by atoms with Crippen LogP contribution in [0.25, 0.3) is 0 Å². The fourth-order valence-corrected chi connectivity index (χ4v) is 2.27. The Morgan fingerprint density at radius 1 is 1.22 bits per heavy atom. The Bertz CT molecular complexity index is 547. The van der Waals surface area contributed by atoms with Crippen LogP contribution < -0.4 is 5.32 Å². The number of carbonyl (C=O) groups is 2. The highest BCUT2D eigenvalue weighted by molar-refractivity contribution is 6.01. The van der Waals surface area contributed by atoms with Gasteiger partial charge >= 0.3 is 0 Å². The van der Waals surface area contributed by atoms with E-state index in [1.807, 2.05) is 27.7 Å². The number of ketones is 1. The third kappa shape index (κ3) is 4.30. The third-order valence-corrected chi connectivity index (χ3v) is 3.36. The molecular weight excluding hydrogens is 298 g/mol. The van der Waals surface area contributed by atoms with Crippen molar-refractivity contribution in [3.63, 3.8) is 0 Å². The van der Waals surface area contributed by atoms with Gasteiger partial charge in [0.25, 0.3) is 5.91 Å². The fourth-order valence-electron chi connectivity index (χ4n) is 2.27. The number of fused-ring (bicyclic) bond motifs is 1. The second kappa shape index (κ2) is 8.64. The largest absolute Gasteiger partial charge is 0.507 e. The van der Waals surface area contributed by atoms with Crippen molar-refractivity contribution in [3.8, 4) is 0 Å². The van der Waals surface area contributed by atoms with Crippen molar-refractivity contribution in [1.82, 2.24) is 5.32 Å². The van der Waals surface area contributed by atoms with E-state index in [0.29, 0.717) is 12.8 Å². The maximum atomic E-state index is 12.0. The molecule has 0 aromatic carbocycles. The standard InChI is InChI=1S/C13H13NO5.2C2H6/c15-8-4-2-1-3-6(8)13(18)14-7-5-9(16)11-12(19-11)10(7)17;2*1-2/h3-5,10-12,15,17H,1-2H2,(H,14,18);2*1-2H3. The summed E-state index contributed by atoms with van der Waals surface area (Å²) in [5, 5.41) is 21.9. The summed E-state index contributed by atoms with van der Waals surface area (Å²) in [7, 11) is 0. The van der Waals surface area contributed by atoms with Crippen LogP contribution in [0.2, 0.25) is 0 Å². The lowest BCUT2D eigenvalue weighted by molar-refractivity contribution is -0.117. The molecule has 3 atom stereocenters. The second-order valence-electron chi connectivity index (χ2n) is 4.71. The molecule has 1 aliphatic heterocycles. The molecule has 23 heavy (non-hydrogen) atoms. The second-order valence-corrected chi connectivity index (χ2v) is 4.71. The van der Waals surface area contributed by atoms with Gasteiger partial charge in [-0.15, -0.1) is 0 Å². The van der Waals surface area contributed by atoms with Crippen molar-refractivity contribution >= 4 is 11.7 Å². The molecule has 6 heteroatoms. The van der Waals surface area contributed by atoms with Gasteiger partial charge in [0.1, 0.15) is 24.1 Å². The molecule has 1 heterocycles. The molecule has 0 radical (unpaired) electrons. The first-order chi connectivity index (χ1) is 11.1. The number of nitrogens with one attached hydrogen (secondary N) is 1. The number of allylic oxidation sites excluding steroid dienone is 2. The Labute approximate surface area is 136 Å². The predicted molar refractivity (Wildman–Crippen MR) is 86.6 cm³/mol. The minimum absolute atomic E-state index is 0.0819. The van der Waals surface area contributed by atoms with Crippen molar-refractivity contribution in [2.75, 3.05) is 0 Å². The summed E-state index contributed by atoms with van der Waals surface area (Å²) in [5.41, 5.74) is 0.277. The quantitative estimate of drug-likeness (QED) is 0.674. The molecule has 0 aromatic heterocycles. The summed E-state index contributed by atoms with van der Waals surface area (Å²) in [6.45, 7) is 8.00. The summed E-state index contributed by atoms with van der Waals surface area (Å²) < 4.78 is 5.00. The number of epoxide rings is 1. The molecule has 1 saturated heterocycles. The molecule has 0 aromatic rings. The van der Waals surface area contributed by atoms with Gasteiger partial charge in [-0.25, -0.2) is 0 Å². The van der Waals surface area contributed by atoms with Gasteiger partial charge < -0.3 is 20.3 Å². The predicted octanol–water partition coefficient (Wildman–Crippen LogP) is 1.91. The van der Waals surface area contributed by atoms with Crippen molar-refractivity contribution in [2.45, 2.75) is 58.8 Å². The molecule has 1 amide bonds. The highest BCUT2D eigenvalue weighted by atomic mass is 16.6. The van der Waals surface area contributed by atoms with Gasteiger partial charge in [-0.1, -0.05) is 33.8 Å². The summed E-state index contributed by atoms with van der Waals surface area (Å²) in [6, 6.07) is 0. The van der Waals surface area contributed by atoms with E-state index >= 15 is 0 Å². The maximum Gasteiger partial charge on any atom is 0.258 e. The van der Waals surface area contributed by atoms with Gasteiger partial charge in [-0.05, 0) is 18.9 Å². The van der Waals surface area contributed by atoms with Gasteiger partial charge in [-0.3, -0.25) is 9.59 Å². The minimum Gasteiger partial charge on any atom is -0.507 e. The van der Waals surface area contributed by atoms with E-state index in [1.54, 1.807) is 12.2 Å². The Balaban J connectivity index is 0.000000615. The van der Waals surface area contributed by atoms with Crippen LogP contribution in [0.15, 0.2) is 35.3 Å². The van der Waals surface area contributed by atoms with Crippen LogP contribution in [-0.2, 0) is 14.3 Å². The molecule has 128 valence electrons. The van der Waals surface area contributed by atoms with Crippen LogP contribution in [0.4, 0.5) is 0 Å². The zero-order chi connectivity index (χ0) is 17.6. The lowest BCUT2D eigenvalue weighted by atomic mass is 9.99. The van der Waals surface area contributed by atoms with Crippen molar-refractivity contribution < 1.29 is 24.5 Å². The SMILES string of the molecule is CC.CC.O=C(NC1=CC(=O)C2OC2C1O)C1=CCCC=C1O. The number of carbonyl (C=O) groups excluding carboxylic acids is 2. The van der Waals surface area contributed by atoms with Crippen molar-refractivity contribution in [1.29, 1.82) is 0 Å². The molecule has 2 aliphatic carbocycles. The number of ether oxygens (including phenoxy) is 1. The summed E-state index contributed by atoms with van der Waals surface area (Å²) >= 11 is 0. The molecule has 3 N–H and O–H groups in total. The molecule has 3 rings (SSSR count). The van der Waals surface area contributed by atoms with E-state index < -0.39 is 24.2 Å². The Hall–Kier alpha value is -1.92. The molecular formula is C17H25NO5. The van der Waals surface area contributed by atoms with E-state index in [2.05, 4.69) is 5.32 Å². The molecule has 6 nitrogen and oxygen atoms in total. The number of aliphatic hydroxyl groups is 2. The van der Waals surface area contributed by atoms with E-state index in [1.165, 1.54) is 6.08 Å². The first-order valence-electron chi connectivity index (χ1n) is 8.08. The zero-order valence-electron chi connectivity index (χ0n) is 14.0. The lowest BCUT2D eigenvalue weighted by Crippen LogP contribution is -2.38. The minimum atomic E-state index is -1.01. The smallest absolute Gasteiger partial charge is 0.258 e. The summed E-state index contributed by atoms with van der Waals surface area (Å²) in [5.74, 6) is -0.879. The van der Waals surface area contributed by atoms with Gasteiger partial charge in [0.05, 0.1) is 11.3 Å². The number of hydrogen-bond acceptors (Lipinski definition) is 5. The zero-order valence-corrected chi connectivity index (χ0v) is 14.0. The summed E-state index contributed by atoms with van der Waals surface area (Å²) in [6.07, 6.45) is 3.58. The number of aliphatic hydroxyl groups excluding tert-OH is 2. The van der Waals surface area contributed by atoms with E-state index in [-0.39, 0.29) is 22.8 Å². The van der Waals surface area contributed by atoms with Crippen LogP contribution in [0, 0.1) is 0 Å². The molecule has 3 unspecified atom stereocenters. The van der Waals surface area contributed by atoms with Crippen LogP contribution >= 0.6 is 0 Å². The lowest BCUT2D eigenvalue weighted by Gasteiger charge is -2.18. The van der Waals surface area contributed by atoms with Crippen LogP contribution in [0.5, 0.6) is 0 Å². The first-order valence-corrected chi connectivity index (χ1v) is 8.08. The molecule has 1 fully saturated rings. The number of rotatable bonds is 2. The first kappa shape index (κ1) is 19.1. The van der Waals surface area contributed by atoms with E-state index in [4.69, 9.17) is 4.74 Å². The van der Waals surface area contributed by atoms with Crippen LogP contribution in [-0.4, -0.2) is 40.2 Å². The molecule has 0 bridgehead atoms. The topological polar surface area (TPSA) is 99.2 Å². The Morgan fingerprint density at radius 2 is 1.83 bits per heavy atom. The number of amides is 1. The Kier molecular flexibility index (Phi) is 7.19. The average molecular weight is 323 g/mol. The van der Waals surface area contributed by atoms with E-state index in [9.17, 15) is 19.8 Å². The van der Waals surface area contributed by atoms with Crippen LogP contribution in [0.1, 0.15) is 40.5 Å². The monoisotopic (exact) mass is 323 g/mol. The van der Waals surface area contributed by atoms with Gasteiger partial charge in [0, 0.05) is 6.08 Å². The van der Waals surface area contributed by atoms with E-state index in [0.717, 1.165) is 0 Å².